The van der Waals surface area contributed by atoms with Gasteiger partial charge in [-0.05, 0) is 80.9 Å². The average Bonchev–Trinajstić information content (AvgIpc) is 2.89. The van der Waals surface area contributed by atoms with E-state index in [9.17, 15) is 4.79 Å². The lowest BCUT2D eigenvalue weighted by Crippen LogP contribution is -2.49. The number of nitrogens with one attached hydrogen (secondary N) is 1. The second kappa shape index (κ2) is 11.2. The maximum Gasteiger partial charge on any atom is 0.226 e. The monoisotopic (exact) mass is 471 g/mol. The number of benzene rings is 2. The van der Waals surface area contributed by atoms with Crippen molar-refractivity contribution in [2.45, 2.75) is 57.9 Å². The Morgan fingerprint density at radius 3 is 2.69 bits per heavy atom. The molecule has 1 fully saturated rings. The molecule has 1 saturated heterocycles. The van der Waals surface area contributed by atoms with Crippen molar-refractivity contribution in [1.29, 1.82) is 0 Å². The van der Waals surface area contributed by atoms with E-state index in [1.807, 2.05) is 18.3 Å². The highest BCUT2D eigenvalue weighted by atomic mass is 16.5. The van der Waals surface area contributed by atoms with Crippen LogP contribution in [0.2, 0.25) is 0 Å². The van der Waals surface area contributed by atoms with Crippen LogP contribution in [0.3, 0.4) is 0 Å². The van der Waals surface area contributed by atoms with Gasteiger partial charge in [-0.25, -0.2) is 0 Å². The Kier molecular flexibility index (Phi) is 7.63. The van der Waals surface area contributed by atoms with Crippen LogP contribution in [0.5, 0.6) is 5.75 Å². The summed E-state index contributed by atoms with van der Waals surface area (Å²) >= 11 is 0. The summed E-state index contributed by atoms with van der Waals surface area (Å²) in [6.07, 6.45) is 10.1. The molecule has 0 atom stereocenters. The first kappa shape index (κ1) is 23.8. The van der Waals surface area contributed by atoms with Gasteiger partial charge in [0, 0.05) is 24.7 Å². The number of para-hydroxylation sites is 2. The molecule has 1 N–H and O–H groups in total. The summed E-state index contributed by atoms with van der Waals surface area (Å²) in [5.74, 6) is 1.25. The zero-order valence-electron chi connectivity index (χ0n) is 20.7. The molecule has 1 amide bonds. The number of ether oxygens (including phenoxy) is 1. The number of rotatable bonds is 2. The number of hydrogen-bond donors (Lipinski definition) is 1. The summed E-state index contributed by atoms with van der Waals surface area (Å²) < 4.78 is 6.04. The summed E-state index contributed by atoms with van der Waals surface area (Å²) in [6, 6.07) is 18.9. The van der Waals surface area contributed by atoms with Gasteiger partial charge < -0.3 is 10.1 Å². The lowest BCUT2D eigenvalue weighted by Gasteiger charge is -2.41. The molecule has 184 valence electrons. The fourth-order valence-electron chi connectivity index (χ4n) is 5.64. The molecule has 1 aromatic heterocycles. The van der Waals surface area contributed by atoms with E-state index >= 15 is 0 Å². The number of carbonyl (C=O) groups excluding carboxylic acids is 1. The van der Waals surface area contributed by atoms with Crippen LogP contribution in [0.15, 0.2) is 60.8 Å². The number of carbonyl (C=O) groups is 1. The van der Waals surface area contributed by atoms with Gasteiger partial charge in [-0.3, -0.25) is 14.7 Å². The number of amides is 1. The number of pyridine rings is 1. The highest BCUT2D eigenvalue weighted by Crippen LogP contribution is 2.38. The standard InChI is InChI=1S/C30H37N3O2/c34-29-30(14-7-1-2-9-25-10-4-6-13-28(25)35-20-8-17-31-29)15-18-33(19-16-30)23-24-21-26-11-3-5-12-27(26)32-22-24/h3-6,10-13,21-22H,1-2,7-9,14-20,23H2,(H,31,34). The number of aromatic nitrogens is 1. The molecule has 2 aliphatic rings. The van der Waals surface area contributed by atoms with Gasteiger partial charge in [-0.1, -0.05) is 49.2 Å². The molecular weight excluding hydrogens is 434 g/mol. The van der Waals surface area contributed by atoms with Gasteiger partial charge in [-0.2, -0.15) is 0 Å². The fourth-order valence-corrected chi connectivity index (χ4v) is 5.64. The Hall–Kier alpha value is -2.92. The predicted molar refractivity (Wildman–Crippen MR) is 140 cm³/mol. The highest BCUT2D eigenvalue weighted by molar-refractivity contribution is 5.82. The SMILES string of the molecule is O=C1NCCCOc2ccccc2CCCCCC12CCN(Cc1cnc3ccccc3c1)CC2. The van der Waals surface area contributed by atoms with Gasteiger partial charge in [0.05, 0.1) is 17.5 Å². The number of fused-ring (bicyclic) bond motifs is 2. The zero-order valence-corrected chi connectivity index (χ0v) is 20.7. The van der Waals surface area contributed by atoms with Gasteiger partial charge in [0.15, 0.2) is 0 Å². The summed E-state index contributed by atoms with van der Waals surface area (Å²) in [5.41, 5.74) is 3.36. The molecule has 5 nitrogen and oxygen atoms in total. The van der Waals surface area contributed by atoms with Crippen LogP contribution < -0.4 is 10.1 Å². The third-order valence-corrected chi connectivity index (χ3v) is 7.79. The third-order valence-electron chi connectivity index (χ3n) is 7.79. The van der Waals surface area contributed by atoms with Crippen molar-refractivity contribution in [3.63, 3.8) is 0 Å². The van der Waals surface area contributed by atoms with E-state index in [1.165, 1.54) is 16.5 Å². The molecule has 5 heteroatoms. The lowest BCUT2D eigenvalue weighted by atomic mass is 9.73. The van der Waals surface area contributed by atoms with Crippen molar-refractivity contribution in [3.05, 3.63) is 71.9 Å². The van der Waals surface area contributed by atoms with Crippen LogP contribution >= 0.6 is 0 Å². The molecule has 3 heterocycles. The Morgan fingerprint density at radius 2 is 1.77 bits per heavy atom. The largest absolute Gasteiger partial charge is 0.493 e. The van der Waals surface area contributed by atoms with Gasteiger partial charge in [0.25, 0.3) is 0 Å². The first-order chi connectivity index (χ1) is 17.2. The molecule has 2 aromatic carbocycles. The Balaban J connectivity index is 1.20. The summed E-state index contributed by atoms with van der Waals surface area (Å²) in [4.78, 5) is 20.5. The minimum absolute atomic E-state index is 0.235. The van der Waals surface area contributed by atoms with Crippen molar-refractivity contribution in [1.82, 2.24) is 15.2 Å². The minimum atomic E-state index is -0.235. The number of piperidine rings is 1. The molecule has 0 saturated carbocycles. The van der Waals surface area contributed by atoms with E-state index in [0.717, 1.165) is 82.3 Å². The fraction of sp³-hybridized carbons (Fsp3) is 0.467. The van der Waals surface area contributed by atoms with Gasteiger partial charge in [0.1, 0.15) is 5.75 Å². The van der Waals surface area contributed by atoms with E-state index in [-0.39, 0.29) is 11.3 Å². The second-order valence-corrected chi connectivity index (χ2v) is 10.2. The first-order valence-electron chi connectivity index (χ1n) is 13.3. The second-order valence-electron chi connectivity index (χ2n) is 10.2. The van der Waals surface area contributed by atoms with Crippen molar-refractivity contribution in [2.24, 2.45) is 5.41 Å². The first-order valence-corrected chi connectivity index (χ1v) is 13.3. The maximum atomic E-state index is 13.4. The topological polar surface area (TPSA) is 54.5 Å². The van der Waals surface area contributed by atoms with Crippen LogP contribution in [-0.4, -0.2) is 42.0 Å². The van der Waals surface area contributed by atoms with Gasteiger partial charge >= 0.3 is 0 Å². The summed E-state index contributed by atoms with van der Waals surface area (Å²) in [5, 5.41) is 4.45. The highest BCUT2D eigenvalue weighted by Gasteiger charge is 2.40. The van der Waals surface area contributed by atoms with Crippen molar-refractivity contribution >= 4 is 16.8 Å². The van der Waals surface area contributed by atoms with Crippen molar-refractivity contribution in [2.75, 3.05) is 26.2 Å². The van der Waals surface area contributed by atoms with Crippen LogP contribution in [0.25, 0.3) is 10.9 Å². The molecule has 35 heavy (non-hydrogen) atoms. The predicted octanol–water partition coefficient (Wildman–Crippen LogP) is 5.52. The zero-order chi connectivity index (χ0) is 23.9. The quantitative estimate of drug-likeness (QED) is 0.535. The van der Waals surface area contributed by atoms with E-state index in [1.54, 1.807) is 0 Å². The Bertz CT molecular complexity index is 1140. The molecular formula is C30H37N3O2. The van der Waals surface area contributed by atoms with Gasteiger partial charge in [-0.15, -0.1) is 0 Å². The van der Waals surface area contributed by atoms with E-state index < -0.39 is 0 Å². The Morgan fingerprint density at radius 1 is 0.943 bits per heavy atom. The number of hydrogen-bond acceptors (Lipinski definition) is 4. The number of likely N-dealkylation sites (tertiary alicyclic amines) is 1. The Labute approximate surface area is 208 Å². The minimum Gasteiger partial charge on any atom is -0.493 e. The van der Waals surface area contributed by atoms with E-state index in [0.29, 0.717) is 13.2 Å². The maximum absolute atomic E-state index is 13.4. The molecule has 0 bridgehead atoms. The number of nitrogens with zero attached hydrogens (tertiary/aromatic N) is 2. The van der Waals surface area contributed by atoms with Crippen LogP contribution in [0.4, 0.5) is 0 Å². The molecule has 0 aliphatic carbocycles. The van der Waals surface area contributed by atoms with Crippen molar-refractivity contribution in [3.8, 4) is 5.75 Å². The van der Waals surface area contributed by atoms with Crippen LogP contribution in [0.1, 0.15) is 56.1 Å². The molecule has 1 spiro atoms. The lowest BCUT2D eigenvalue weighted by molar-refractivity contribution is -0.134. The summed E-state index contributed by atoms with van der Waals surface area (Å²) in [7, 11) is 0. The molecule has 2 aliphatic heterocycles. The molecule has 0 radical (unpaired) electrons. The molecule has 3 aromatic rings. The number of aryl methyl sites for hydroxylation is 1. The molecule has 0 unspecified atom stereocenters. The van der Waals surface area contributed by atoms with E-state index in [2.05, 4.69) is 57.7 Å². The average molecular weight is 472 g/mol. The van der Waals surface area contributed by atoms with Crippen LogP contribution in [0, 0.1) is 5.41 Å². The van der Waals surface area contributed by atoms with Gasteiger partial charge in [0.2, 0.25) is 5.91 Å². The smallest absolute Gasteiger partial charge is 0.226 e. The molecule has 5 rings (SSSR count). The van der Waals surface area contributed by atoms with Crippen LogP contribution in [-0.2, 0) is 17.8 Å². The van der Waals surface area contributed by atoms with Crippen molar-refractivity contribution < 1.29 is 9.53 Å². The normalized spacial score (nSPS) is 19.9. The van der Waals surface area contributed by atoms with E-state index in [4.69, 9.17) is 4.74 Å². The summed E-state index contributed by atoms with van der Waals surface area (Å²) in [6.45, 7) is 4.12. The third kappa shape index (κ3) is 5.84.